The van der Waals surface area contributed by atoms with Crippen molar-refractivity contribution in [3.8, 4) is 0 Å². The maximum absolute atomic E-state index is 12.1. The SMILES string of the molecule is COCCNCC1(S(C)(=O)=O)CC(c2ccccc2)C1. The number of hydrogen-bond acceptors (Lipinski definition) is 4. The van der Waals surface area contributed by atoms with Gasteiger partial charge in [-0.05, 0) is 24.3 Å². The van der Waals surface area contributed by atoms with Gasteiger partial charge in [-0.2, -0.15) is 0 Å². The summed E-state index contributed by atoms with van der Waals surface area (Å²) >= 11 is 0. The molecular weight excluding hydrogens is 274 g/mol. The summed E-state index contributed by atoms with van der Waals surface area (Å²) in [7, 11) is -1.42. The van der Waals surface area contributed by atoms with Crippen LogP contribution in [0.5, 0.6) is 0 Å². The van der Waals surface area contributed by atoms with Gasteiger partial charge in [0.2, 0.25) is 0 Å². The zero-order chi connectivity index (χ0) is 14.6. The summed E-state index contributed by atoms with van der Waals surface area (Å²) in [5, 5.41) is 3.20. The van der Waals surface area contributed by atoms with Gasteiger partial charge in [-0.1, -0.05) is 30.3 Å². The lowest BCUT2D eigenvalue weighted by Gasteiger charge is -2.46. The van der Waals surface area contributed by atoms with Crippen LogP contribution in [0.15, 0.2) is 30.3 Å². The van der Waals surface area contributed by atoms with Gasteiger partial charge in [0.1, 0.15) is 0 Å². The first-order chi connectivity index (χ1) is 9.48. The smallest absolute Gasteiger partial charge is 0.154 e. The second kappa shape index (κ2) is 6.24. The Hall–Kier alpha value is -0.910. The highest BCUT2D eigenvalue weighted by molar-refractivity contribution is 7.92. The van der Waals surface area contributed by atoms with Gasteiger partial charge in [0.25, 0.3) is 0 Å². The molecule has 0 aliphatic heterocycles. The monoisotopic (exact) mass is 297 g/mol. The summed E-state index contributed by atoms with van der Waals surface area (Å²) < 4.78 is 28.6. The molecule has 0 bridgehead atoms. The molecule has 0 aromatic heterocycles. The molecule has 5 heteroatoms. The normalized spacial score (nSPS) is 26.2. The Labute approximate surface area is 121 Å². The third-order valence-electron chi connectivity index (χ3n) is 4.22. The molecule has 0 atom stereocenters. The highest BCUT2D eigenvalue weighted by Crippen LogP contribution is 2.48. The van der Waals surface area contributed by atoms with Gasteiger partial charge >= 0.3 is 0 Å². The zero-order valence-corrected chi connectivity index (χ0v) is 12.9. The lowest BCUT2D eigenvalue weighted by molar-refractivity contribution is 0.193. The number of benzene rings is 1. The van der Waals surface area contributed by atoms with E-state index < -0.39 is 14.6 Å². The van der Waals surface area contributed by atoms with Crippen LogP contribution in [0.3, 0.4) is 0 Å². The first kappa shape index (κ1) is 15.5. The number of sulfone groups is 1. The van der Waals surface area contributed by atoms with E-state index in [1.54, 1.807) is 7.11 Å². The van der Waals surface area contributed by atoms with Crippen molar-refractivity contribution in [1.82, 2.24) is 5.32 Å². The van der Waals surface area contributed by atoms with Crippen LogP contribution in [0.25, 0.3) is 0 Å². The van der Waals surface area contributed by atoms with Crippen molar-refractivity contribution in [3.05, 3.63) is 35.9 Å². The molecule has 0 spiro atoms. The molecule has 1 fully saturated rings. The number of hydrogen-bond donors (Lipinski definition) is 1. The molecule has 1 N–H and O–H groups in total. The van der Waals surface area contributed by atoms with Crippen LogP contribution in [-0.4, -0.2) is 46.2 Å². The molecule has 1 aromatic rings. The molecule has 0 amide bonds. The standard InChI is InChI=1S/C15H23NO3S/c1-19-9-8-16-12-15(20(2,17)18)10-14(11-15)13-6-4-3-5-7-13/h3-7,14,16H,8-12H2,1-2H3. The molecule has 112 valence electrons. The van der Waals surface area contributed by atoms with Crippen molar-refractivity contribution < 1.29 is 13.2 Å². The van der Waals surface area contributed by atoms with Crippen molar-refractivity contribution in [1.29, 1.82) is 0 Å². The second-order valence-corrected chi connectivity index (χ2v) is 8.05. The third-order valence-corrected chi connectivity index (χ3v) is 6.28. The van der Waals surface area contributed by atoms with E-state index in [9.17, 15) is 8.42 Å². The van der Waals surface area contributed by atoms with Crippen molar-refractivity contribution >= 4 is 9.84 Å². The van der Waals surface area contributed by atoms with Crippen molar-refractivity contribution in [2.24, 2.45) is 0 Å². The van der Waals surface area contributed by atoms with Crippen LogP contribution in [-0.2, 0) is 14.6 Å². The Bertz CT molecular complexity index is 521. The van der Waals surface area contributed by atoms with E-state index in [4.69, 9.17) is 4.74 Å². The van der Waals surface area contributed by atoms with E-state index in [0.717, 1.165) is 0 Å². The average Bonchev–Trinajstić information content (AvgIpc) is 2.36. The fourth-order valence-electron chi connectivity index (χ4n) is 2.87. The maximum atomic E-state index is 12.1. The van der Waals surface area contributed by atoms with Crippen molar-refractivity contribution in [2.75, 3.05) is 33.1 Å². The van der Waals surface area contributed by atoms with E-state index in [-0.39, 0.29) is 0 Å². The van der Waals surface area contributed by atoms with E-state index in [1.165, 1.54) is 11.8 Å². The molecule has 4 nitrogen and oxygen atoms in total. The largest absolute Gasteiger partial charge is 0.383 e. The minimum absolute atomic E-state index is 0.357. The summed E-state index contributed by atoms with van der Waals surface area (Å²) in [5.41, 5.74) is 1.24. The molecular formula is C15H23NO3S. The fraction of sp³-hybridized carbons (Fsp3) is 0.600. The van der Waals surface area contributed by atoms with E-state index in [0.29, 0.717) is 38.5 Å². The van der Waals surface area contributed by atoms with E-state index >= 15 is 0 Å². The summed E-state index contributed by atoms with van der Waals surface area (Å²) in [6, 6.07) is 10.2. The summed E-state index contributed by atoms with van der Waals surface area (Å²) in [6.45, 7) is 1.80. The van der Waals surface area contributed by atoms with Gasteiger partial charge in [0.05, 0.1) is 11.4 Å². The number of rotatable bonds is 7. The highest BCUT2D eigenvalue weighted by Gasteiger charge is 2.51. The molecule has 2 rings (SSSR count). The molecule has 0 heterocycles. The third kappa shape index (κ3) is 3.22. The van der Waals surface area contributed by atoms with Crippen LogP contribution in [0.2, 0.25) is 0 Å². The minimum atomic E-state index is -3.06. The van der Waals surface area contributed by atoms with Gasteiger partial charge in [-0.25, -0.2) is 8.42 Å². The quantitative estimate of drug-likeness (QED) is 0.777. The summed E-state index contributed by atoms with van der Waals surface area (Å²) in [5.74, 6) is 0.357. The van der Waals surface area contributed by atoms with Gasteiger partial charge in [-0.3, -0.25) is 0 Å². The first-order valence-corrected chi connectivity index (χ1v) is 8.82. The molecule has 1 aliphatic carbocycles. The van der Waals surface area contributed by atoms with Gasteiger partial charge < -0.3 is 10.1 Å². The van der Waals surface area contributed by atoms with Crippen LogP contribution in [0.1, 0.15) is 24.3 Å². The van der Waals surface area contributed by atoms with E-state index in [1.807, 2.05) is 18.2 Å². The lowest BCUT2D eigenvalue weighted by Crippen LogP contribution is -2.55. The van der Waals surface area contributed by atoms with E-state index in [2.05, 4.69) is 17.4 Å². The maximum Gasteiger partial charge on any atom is 0.154 e. The van der Waals surface area contributed by atoms with Gasteiger partial charge in [-0.15, -0.1) is 0 Å². The predicted molar refractivity (Wildman–Crippen MR) is 80.7 cm³/mol. The van der Waals surface area contributed by atoms with Crippen LogP contribution in [0.4, 0.5) is 0 Å². The Morgan fingerprint density at radius 2 is 1.95 bits per heavy atom. The first-order valence-electron chi connectivity index (χ1n) is 6.93. The molecule has 0 unspecified atom stereocenters. The molecule has 1 aliphatic rings. The Kier molecular flexibility index (Phi) is 4.83. The van der Waals surface area contributed by atoms with Crippen LogP contribution in [0, 0.1) is 0 Å². The molecule has 0 saturated heterocycles. The molecule has 0 radical (unpaired) electrons. The summed E-state index contributed by atoms with van der Waals surface area (Å²) in [4.78, 5) is 0. The minimum Gasteiger partial charge on any atom is -0.383 e. The molecule has 1 saturated carbocycles. The number of methoxy groups -OCH3 is 1. The summed E-state index contributed by atoms with van der Waals surface area (Å²) in [6.07, 6.45) is 2.76. The number of ether oxygens (including phenoxy) is 1. The van der Waals surface area contributed by atoms with Crippen molar-refractivity contribution in [2.45, 2.75) is 23.5 Å². The number of nitrogens with one attached hydrogen (secondary N) is 1. The molecule has 20 heavy (non-hydrogen) atoms. The van der Waals surface area contributed by atoms with Gasteiger partial charge in [0, 0.05) is 26.5 Å². The zero-order valence-electron chi connectivity index (χ0n) is 12.1. The van der Waals surface area contributed by atoms with Crippen molar-refractivity contribution in [3.63, 3.8) is 0 Å². The Morgan fingerprint density at radius 1 is 1.30 bits per heavy atom. The Balaban J connectivity index is 1.99. The highest BCUT2D eigenvalue weighted by atomic mass is 32.2. The van der Waals surface area contributed by atoms with Crippen LogP contribution < -0.4 is 5.32 Å². The fourth-order valence-corrected chi connectivity index (χ4v) is 4.24. The van der Waals surface area contributed by atoms with Crippen LogP contribution >= 0.6 is 0 Å². The Morgan fingerprint density at radius 3 is 2.50 bits per heavy atom. The topological polar surface area (TPSA) is 55.4 Å². The lowest BCUT2D eigenvalue weighted by atomic mass is 9.70. The average molecular weight is 297 g/mol. The molecule has 1 aromatic carbocycles. The second-order valence-electron chi connectivity index (χ2n) is 5.64. The van der Waals surface area contributed by atoms with Gasteiger partial charge in [0.15, 0.2) is 9.84 Å². The predicted octanol–water partition coefficient (Wildman–Crippen LogP) is 1.58.